The molecule has 2 heterocycles. The van der Waals surface area contributed by atoms with Gasteiger partial charge in [0, 0.05) is 25.1 Å². The lowest BCUT2D eigenvalue weighted by Crippen LogP contribution is -2.65. The summed E-state index contributed by atoms with van der Waals surface area (Å²) < 4.78 is 8.39. The third kappa shape index (κ3) is 4.76. The van der Waals surface area contributed by atoms with Crippen LogP contribution in [0.3, 0.4) is 0 Å². The van der Waals surface area contributed by atoms with Crippen LogP contribution in [0.4, 0.5) is 0 Å². The number of fused-ring (bicyclic) bond motifs is 6. The first kappa shape index (κ1) is 37.2. The summed E-state index contributed by atoms with van der Waals surface area (Å²) in [6, 6.07) is 4.29. The molecule has 2 aromatic heterocycles. The molecule has 9 unspecified atom stereocenters. The highest BCUT2D eigenvalue weighted by Crippen LogP contribution is 2.87. The number of allylic oxidation sites excluding steroid dienone is 2. The minimum atomic E-state index is -1.15. The van der Waals surface area contributed by atoms with Crippen molar-refractivity contribution in [3.63, 3.8) is 0 Å². The Morgan fingerprint density at radius 2 is 1.65 bits per heavy atom. The maximum Gasteiger partial charge on any atom is 0.309 e. The van der Waals surface area contributed by atoms with Gasteiger partial charge in [-0.15, -0.1) is 10.2 Å². The third-order valence-corrected chi connectivity index (χ3v) is 18.2. The molecule has 0 bridgehead atoms. The lowest BCUT2D eigenvalue weighted by Gasteiger charge is -2.71. The maximum atomic E-state index is 14.3. The first-order valence-electron chi connectivity index (χ1n) is 21.4. The van der Waals surface area contributed by atoms with E-state index in [-0.39, 0.29) is 51.5 Å². The van der Waals surface area contributed by atoms with Crippen molar-refractivity contribution < 1.29 is 24.2 Å². The van der Waals surface area contributed by atoms with Crippen LogP contribution >= 0.6 is 0 Å². The molecule has 6 fully saturated rings. The molecule has 0 aromatic carbocycles. The van der Waals surface area contributed by atoms with Crippen LogP contribution < -0.4 is 0 Å². The number of carbonyl (C=O) groups excluding carboxylic acids is 2. The van der Waals surface area contributed by atoms with Crippen LogP contribution in [-0.4, -0.2) is 48.7 Å². The Labute approximate surface area is 326 Å². The quantitative estimate of drug-likeness (QED) is 0.265. The smallest absolute Gasteiger partial charge is 0.309 e. The molecular weight excluding hydrogens is 689 g/mol. The lowest BCUT2D eigenvalue weighted by atomic mass is 9.33. The molecule has 0 saturated heterocycles. The van der Waals surface area contributed by atoms with Crippen LogP contribution in [0.25, 0.3) is 11.5 Å². The predicted octanol–water partition coefficient (Wildman–Crippen LogP) is 9.15. The maximum absolute atomic E-state index is 14.3. The molecular formula is C46H62N4O5. The SMILES string of the molecule is CC(C)C1=C2C3CCC4C(C)(CCC56CC5(C)C(OC(=O)CC(C)(C)C(=O)O)CCC46C)C3(C)CCC2(c2nnc(-c3ccc(C4CC4)cn3)n2C)CC1=O. The van der Waals surface area contributed by atoms with E-state index in [9.17, 15) is 19.5 Å². The van der Waals surface area contributed by atoms with E-state index in [1.807, 2.05) is 6.20 Å². The van der Waals surface area contributed by atoms with Gasteiger partial charge in [0.1, 0.15) is 17.6 Å². The molecule has 2 aromatic rings. The van der Waals surface area contributed by atoms with Gasteiger partial charge in [0.15, 0.2) is 11.6 Å². The van der Waals surface area contributed by atoms with E-state index >= 15 is 0 Å². The van der Waals surface area contributed by atoms with Gasteiger partial charge in [0.25, 0.3) is 0 Å². The fraction of sp³-hybridized carbons (Fsp3) is 0.739. The number of aliphatic carboxylic acids is 1. The standard InChI is InChI=1S/C46H62N4O5/c1-26(2)35-31(51)22-45(38-49-48-37(50(38)9)30-14-12-28(24-47-30)27-10-11-27)20-18-41(5)29(36(35)45)13-15-32-42(41,6)19-21-46-25-44(46,8)33(16-17-43(32,46)7)55-34(52)23-40(3,4)39(53)54/h12,14,24,26-27,29,32-33H,10-11,13,15-23,25H2,1-9H3,(H,53,54). The average Bonchev–Trinajstić information content (AvgIpc) is 4.00. The first-order valence-corrected chi connectivity index (χ1v) is 21.4. The second-order valence-electron chi connectivity index (χ2n) is 21.3. The van der Waals surface area contributed by atoms with Crippen LogP contribution in [-0.2, 0) is 31.6 Å². The number of carbonyl (C=O) groups is 3. The summed E-state index contributed by atoms with van der Waals surface area (Å²) in [7, 11) is 2.08. The summed E-state index contributed by atoms with van der Waals surface area (Å²) in [4.78, 5) is 44.1. The number of aromatic nitrogens is 4. The van der Waals surface area contributed by atoms with Crippen molar-refractivity contribution in [1.29, 1.82) is 0 Å². The second kappa shape index (κ2) is 11.6. The minimum absolute atomic E-state index is 0.0166. The minimum Gasteiger partial charge on any atom is -0.481 e. The molecule has 7 aliphatic rings. The largest absolute Gasteiger partial charge is 0.481 e. The molecule has 0 amide bonds. The highest BCUT2D eigenvalue weighted by atomic mass is 16.5. The van der Waals surface area contributed by atoms with Crippen LogP contribution in [0.5, 0.6) is 0 Å². The van der Waals surface area contributed by atoms with Gasteiger partial charge in [-0.1, -0.05) is 47.6 Å². The number of Topliss-reactive ketones (excluding diaryl/α,β-unsaturated/α-hetero) is 1. The molecule has 0 aliphatic heterocycles. The molecule has 1 N–H and O–H groups in total. The molecule has 0 radical (unpaired) electrons. The molecule has 296 valence electrons. The van der Waals surface area contributed by atoms with Gasteiger partial charge in [-0.05, 0) is 153 Å². The van der Waals surface area contributed by atoms with Crippen molar-refractivity contribution in [2.45, 2.75) is 156 Å². The van der Waals surface area contributed by atoms with E-state index in [1.165, 1.54) is 24.0 Å². The van der Waals surface area contributed by atoms with Crippen molar-refractivity contribution in [1.82, 2.24) is 19.7 Å². The Kier molecular flexibility index (Phi) is 7.86. The van der Waals surface area contributed by atoms with Crippen molar-refractivity contribution in [3.8, 4) is 11.5 Å². The summed E-state index contributed by atoms with van der Waals surface area (Å²) in [5, 5.41) is 19.4. The van der Waals surface area contributed by atoms with E-state index in [4.69, 9.17) is 19.9 Å². The summed E-state index contributed by atoms with van der Waals surface area (Å²) >= 11 is 0. The predicted molar refractivity (Wildman–Crippen MR) is 209 cm³/mol. The van der Waals surface area contributed by atoms with Crippen molar-refractivity contribution in [2.24, 2.45) is 57.3 Å². The third-order valence-electron chi connectivity index (χ3n) is 18.2. The molecule has 55 heavy (non-hydrogen) atoms. The normalized spacial score (nSPS) is 40.5. The molecule has 7 aliphatic carbocycles. The number of rotatable bonds is 8. The number of carboxylic acid groups (broad SMARTS) is 1. The van der Waals surface area contributed by atoms with Gasteiger partial charge < -0.3 is 14.4 Å². The number of hydrogen-bond donors (Lipinski definition) is 1. The van der Waals surface area contributed by atoms with E-state index in [0.29, 0.717) is 30.0 Å². The fourth-order valence-corrected chi connectivity index (χ4v) is 14.7. The number of carboxylic acids is 1. The average molecular weight is 751 g/mol. The zero-order valence-corrected chi connectivity index (χ0v) is 34.7. The Bertz CT molecular complexity index is 2030. The Balaban J connectivity index is 1.03. The zero-order valence-electron chi connectivity index (χ0n) is 34.7. The van der Waals surface area contributed by atoms with Gasteiger partial charge in [-0.25, -0.2) is 0 Å². The Hall–Kier alpha value is -3.36. The second-order valence-corrected chi connectivity index (χ2v) is 21.3. The molecule has 9 rings (SSSR count). The summed E-state index contributed by atoms with van der Waals surface area (Å²) in [6.07, 6.45) is 14.0. The molecule has 9 heteroatoms. The van der Waals surface area contributed by atoms with Gasteiger partial charge in [0.05, 0.1) is 17.3 Å². The Morgan fingerprint density at radius 3 is 2.31 bits per heavy atom. The van der Waals surface area contributed by atoms with Crippen LogP contribution in [0.2, 0.25) is 0 Å². The fourth-order valence-electron chi connectivity index (χ4n) is 14.7. The summed E-state index contributed by atoms with van der Waals surface area (Å²) in [5.74, 6) is 2.22. The number of ether oxygens (including phenoxy) is 1. The summed E-state index contributed by atoms with van der Waals surface area (Å²) in [5.41, 5.74) is 3.19. The summed E-state index contributed by atoms with van der Waals surface area (Å²) in [6.45, 7) is 17.7. The van der Waals surface area contributed by atoms with Crippen molar-refractivity contribution in [3.05, 3.63) is 40.9 Å². The molecule has 9 nitrogen and oxygen atoms in total. The topological polar surface area (TPSA) is 124 Å². The van der Waals surface area contributed by atoms with E-state index in [2.05, 4.69) is 65.3 Å². The number of hydrogen-bond acceptors (Lipinski definition) is 7. The van der Waals surface area contributed by atoms with Gasteiger partial charge in [-0.2, -0.15) is 0 Å². The van der Waals surface area contributed by atoms with Gasteiger partial charge >= 0.3 is 11.9 Å². The van der Waals surface area contributed by atoms with E-state index < -0.39 is 16.8 Å². The highest BCUT2D eigenvalue weighted by Gasteiger charge is 2.82. The van der Waals surface area contributed by atoms with E-state index in [1.54, 1.807) is 13.8 Å². The van der Waals surface area contributed by atoms with E-state index in [0.717, 1.165) is 80.7 Å². The Morgan fingerprint density at radius 1 is 0.927 bits per heavy atom. The lowest BCUT2D eigenvalue weighted by molar-refractivity contribution is -0.216. The number of nitrogens with zero attached hydrogens (tertiary/aromatic N) is 4. The van der Waals surface area contributed by atoms with Crippen LogP contribution in [0.15, 0.2) is 29.5 Å². The zero-order chi connectivity index (χ0) is 39.3. The van der Waals surface area contributed by atoms with Crippen molar-refractivity contribution in [2.75, 3.05) is 0 Å². The first-order chi connectivity index (χ1) is 25.8. The number of esters is 1. The van der Waals surface area contributed by atoms with Crippen molar-refractivity contribution >= 4 is 17.7 Å². The molecule has 6 saturated carbocycles. The molecule has 9 atom stereocenters. The van der Waals surface area contributed by atoms with Crippen LogP contribution in [0.1, 0.15) is 156 Å². The van der Waals surface area contributed by atoms with Crippen LogP contribution in [0, 0.1) is 50.2 Å². The van der Waals surface area contributed by atoms with Gasteiger partial charge in [-0.3, -0.25) is 19.4 Å². The number of pyridine rings is 1. The monoisotopic (exact) mass is 750 g/mol. The highest BCUT2D eigenvalue weighted by molar-refractivity contribution is 6.01. The van der Waals surface area contributed by atoms with Gasteiger partial charge in [0.2, 0.25) is 0 Å². The number of ketones is 1. The molecule has 1 spiro atoms.